The van der Waals surface area contributed by atoms with E-state index in [-0.39, 0.29) is 5.78 Å². The van der Waals surface area contributed by atoms with Crippen molar-refractivity contribution in [3.05, 3.63) is 71.3 Å². The van der Waals surface area contributed by atoms with Gasteiger partial charge in [0.15, 0.2) is 5.78 Å². The van der Waals surface area contributed by atoms with E-state index in [0.717, 1.165) is 11.8 Å². The minimum atomic E-state index is 0.0112. The summed E-state index contributed by atoms with van der Waals surface area (Å²) >= 11 is 0. The van der Waals surface area contributed by atoms with E-state index in [1.54, 1.807) is 12.1 Å². The van der Waals surface area contributed by atoms with E-state index in [2.05, 4.69) is 0 Å². The van der Waals surface area contributed by atoms with Gasteiger partial charge in [-0.1, -0.05) is 54.6 Å². The van der Waals surface area contributed by atoms with Crippen molar-refractivity contribution in [2.75, 3.05) is 0 Å². The molecule has 0 spiro atoms. The van der Waals surface area contributed by atoms with Crippen molar-refractivity contribution in [3.63, 3.8) is 0 Å². The third kappa shape index (κ3) is 2.72. The number of aldehydes is 1. The molecular formula is C16H14O2. The predicted molar refractivity (Wildman–Crippen MR) is 70.7 cm³/mol. The fourth-order valence-corrected chi connectivity index (χ4v) is 1.92. The van der Waals surface area contributed by atoms with Crippen molar-refractivity contribution in [1.29, 1.82) is 0 Å². The molecule has 0 atom stereocenters. The number of aryl methyl sites for hydroxylation is 1. The summed E-state index contributed by atoms with van der Waals surface area (Å²) in [6.07, 6.45) is 1.93. The topological polar surface area (TPSA) is 34.1 Å². The lowest BCUT2D eigenvalue weighted by atomic mass is 9.96. The summed E-state index contributed by atoms with van der Waals surface area (Å²) in [4.78, 5) is 22.8. The molecule has 2 nitrogen and oxygen atoms in total. The highest BCUT2D eigenvalue weighted by Crippen LogP contribution is 2.15. The molecule has 0 saturated carbocycles. The van der Waals surface area contributed by atoms with Gasteiger partial charge in [-0.3, -0.25) is 4.79 Å². The molecule has 2 aromatic carbocycles. The Morgan fingerprint density at radius 2 is 1.61 bits per heavy atom. The molecule has 0 N–H and O–H groups in total. The largest absolute Gasteiger partial charge is 0.303 e. The van der Waals surface area contributed by atoms with E-state index >= 15 is 0 Å². The Hall–Kier alpha value is -2.22. The van der Waals surface area contributed by atoms with Gasteiger partial charge in [-0.2, -0.15) is 0 Å². The van der Waals surface area contributed by atoms with Crippen molar-refractivity contribution in [3.8, 4) is 0 Å². The van der Waals surface area contributed by atoms with Gasteiger partial charge in [0.05, 0.1) is 0 Å². The zero-order valence-corrected chi connectivity index (χ0v) is 10.0. The number of hydrogen-bond acceptors (Lipinski definition) is 2. The molecule has 0 aromatic heterocycles. The van der Waals surface area contributed by atoms with Gasteiger partial charge >= 0.3 is 0 Å². The van der Waals surface area contributed by atoms with E-state index in [1.807, 2.05) is 42.5 Å². The highest BCUT2D eigenvalue weighted by atomic mass is 16.1. The highest BCUT2D eigenvalue weighted by molar-refractivity contribution is 6.09. The van der Waals surface area contributed by atoms with E-state index in [1.165, 1.54) is 0 Å². The molecule has 0 bridgehead atoms. The minimum Gasteiger partial charge on any atom is -0.303 e. The molecule has 2 heteroatoms. The van der Waals surface area contributed by atoms with Gasteiger partial charge in [0.1, 0.15) is 6.29 Å². The molecule has 0 fully saturated rings. The Morgan fingerprint density at radius 1 is 0.944 bits per heavy atom. The number of benzene rings is 2. The molecule has 0 saturated heterocycles. The lowest BCUT2D eigenvalue weighted by Gasteiger charge is -2.07. The Labute approximate surface area is 106 Å². The molecule has 18 heavy (non-hydrogen) atoms. The molecule has 2 aromatic rings. The van der Waals surface area contributed by atoms with Crippen LogP contribution in [0.2, 0.25) is 0 Å². The van der Waals surface area contributed by atoms with Crippen LogP contribution in [0, 0.1) is 0 Å². The van der Waals surface area contributed by atoms with Gasteiger partial charge in [0.2, 0.25) is 0 Å². The zero-order valence-electron chi connectivity index (χ0n) is 10.0. The molecule has 0 heterocycles. The third-order valence-electron chi connectivity index (χ3n) is 2.83. The fraction of sp³-hybridized carbons (Fsp3) is 0.125. The standard InChI is InChI=1S/C16H14O2/c17-12-6-10-13-7-4-5-11-15(13)16(18)14-8-2-1-3-9-14/h1-5,7-9,11-12H,6,10H2. The van der Waals surface area contributed by atoms with Crippen LogP contribution >= 0.6 is 0 Å². The quantitative estimate of drug-likeness (QED) is 0.592. The number of carbonyl (C=O) groups is 2. The molecule has 0 unspecified atom stereocenters. The molecule has 90 valence electrons. The summed E-state index contributed by atoms with van der Waals surface area (Å²) in [5, 5.41) is 0. The third-order valence-corrected chi connectivity index (χ3v) is 2.83. The maximum absolute atomic E-state index is 12.3. The van der Waals surface area contributed by atoms with E-state index in [0.29, 0.717) is 24.0 Å². The van der Waals surface area contributed by atoms with E-state index < -0.39 is 0 Å². The fourth-order valence-electron chi connectivity index (χ4n) is 1.92. The van der Waals surface area contributed by atoms with Crippen molar-refractivity contribution in [2.45, 2.75) is 12.8 Å². The van der Waals surface area contributed by atoms with E-state index in [4.69, 9.17) is 0 Å². The van der Waals surface area contributed by atoms with Crippen molar-refractivity contribution in [1.82, 2.24) is 0 Å². The summed E-state index contributed by atoms with van der Waals surface area (Å²) < 4.78 is 0. The van der Waals surface area contributed by atoms with Crippen LogP contribution in [0.25, 0.3) is 0 Å². The number of rotatable bonds is 5. The Balaban J connectivity index is 2.33. The molecule has 0 aliphatic carbocycles. The van der Waals surface area contributed by atoms with Crippen LogP contribution in [0.3, 0.4) is 0 Å². The molecule has 0 aliphatic rings. The number of ketones is 1. The lowest BCUT2D eigenvalue weighted by Crippen LogP contribution is -2.05. The van der Waals surface area contributed by atoms with Crippen LogP contribution in [0.15, 0.2) is 54.6 Å². The zero-order chi connectivity index (χ0) is 12.8. The van der Waals surface area contributed by atoms with Gasteiger partial charge in [0, 0.05) is 17.5 Å². The maximum Gasteiger partial charge on any atom is 0.193 e. The SMILES string of the molecule is O=CCCc1ccccc1C(=O)c1ccccc1. The normalized spacial score (nSPS) is 10.0. The van der Waals surface area contributed by atoms with Gasteiger partial charge in [-0.25, -0.2) is 0 Å². The summed E-state index contributed by atoms with van der Waals surface area (Å²) in [6.45, 7) is 0. The Kier molecular flexibility index (Phi) is 4.02. The average Bonchev–Trinajstić information content (AvgIpc) is 2.45. The minimum absolute atomic E-state index is 0.0112. The highest BCUT2D eigenvalue weighted by Gasteiger charge is 2.12. The van der Waals surface area contributed by atoms with Crippen LogP contribution in [0.5, 0.6) is 0 Å². The summed E-state index contributed by atoms with van der Waals surface area (Å²) in [6, 6.07) is 16.6. The van der Waals surface area contributed by atoms with Gasteiger partial charge in [0.25, 0.3) is 0 Å². The van der Waals surface area contributed by atoms with Crippen molar-refractivity contribution < 1.29 is 9.59 Å². The van der Waals surface area contributed by atoms with Crippen LogP contribution in [0.1, 0.15) is 27.9 Å². The van der Waals surface area contributed by atoms with Crippen LogP contribution in [0.4, 0.5) is 0 Å². The van der Waals surface area contributed by atoms with Crippen molar-refractivity contribution in [2.24, 2.45) is 0 Å². The van der Waals surface area contributed by atoms with Crippen LogP contribution in [-0.2, 0) is 11.2 Å². The predicted octanol–water partition coefficient (Wildman–Crippen LogP) is 3.05. The smallest absolute Gasteiger partial charge is 0.193 e. The second-order valence-electron chi connectivity index (χ2n) is 4.06. The van der Waals surface area contributed by atoms with Crippen molar-refractivity contribution >= 4 is 12.1 Å². The van der Waals surface area contributed by atoms with Gasteiger partial charge < -0.3 is 4.79 Å². The molecule has 2 rings (SSSR count). The second kappa shape index (κ2) is 5.92. The monoisotopic (exact) mass is 238 g/mol. The van der Waals surface area contributed by atoms with Gasteiger partial charge in [-0.15, -0.1) is 0 Å². The molecule has 0 amide bonds. The molecule has 0 radical (unpaired) electrons. The first-order valence-electron chi connectivity index (χ1n) is 5.94. The first kappa shape index (κ1) is 12.2. The Morgan fingerprint density at radius 3 is 2.33 bits per heavy atom. The first-order valence-corrected chi connectivity index (χ1v) is 5.94. The first-order chi connectivity index (χ1) is 8.83. The van der Waals surface area contributed by atoms with Crippen LogP contribution in [-0.4, -0.2) is 12.1 Å². The summed E-state index contributed by atoms with van der Waals surface area (Å²) in [5.41, 5.74) is 2.29. The second-order valence-corrected chi connectivity index (χ2v) is 4.06. The van der Waals surface area contributed by atoms with E-state index in [9.17, 15) is 9.59 Å². The number of hydrogen-bond donors (Lipinski definition) is 0. The molecular weight excluding hydrogens is 224 g/mol. The lowest BCUT2D eigenvalue weighted by molar-refractivity contribution is -0.107. The summed E-state index contributed by atoms with van der Waals surface area (Å²) in [5.74, 6) is 0.0112. The molecule has 0 aliphatic heterocycles. The van der Waals surface area contributed by atoms with Crippen LogP contribution < -0.4 is 0 Å². The number of carbonyl (C=O) groups excluding carboxylic acids is 2. The maximum atomic E-state index is 12.3. The van der Waals surface area contributed by atoms with Gasteiger partial charge in [-0.05, 0) is 12.0 Å². The average molecular weight is 238 g/mol. The Bertz CT molecular complexity index is 544. The summed E-state index contributed by atoms with van der Waals surface area (Å²) in [7, 11) is 0.